The molecule has 0 aliphatic rings. The van der Waals surface area contributed by atoms with Crippen LogP contribution < -0.4 is 0 Å². The van der Waals surface area contributed by atoms with Gasteiger partial charge in [-0.3, -0.25) is 4.79 Å². The molecule has 6 nitrogen and oxygen atoms in total. The number of fused-ring (bicyclic) bond motifs is 1. The third-order valence-electron chi connectivity index (χ3n) is 2.66. The second-order valence-corrected chi connectivity index (χ2v) is 4.35. The van der Waals surface area contributed by atoms with Crippen LogP contribution in [0.3, 0.4) is 0 Å². The molecule has 0 spiro atoms. The van der Waals surface area contributed by atoms with Gasteiger partial charge in [0.1, 0.15) is 17.9 Å². The normalized spacial score (nSPS) is 11.1. The summed E-state index contributed by atoms with van der Waals surface area (Å²) in [5.74, 6) is -0.171. The van der Waals surface area contributed by atoms with E-state index in [1.807, 2.05) is 0 Å². The molecule has 0 unspecified atom stereocenters. The summed E-state index contributed by atoms with van der Waals surface area (Å²) in [5.41, 5.74) is 0.321. The van der Waals surface area contributed by atoms with E-state index in [4.69, 9.17) is 16.0 Å². The lowest BCUT2D eigenvalue weighted by molar-refractivity contribution is 0.0936. The fraction of sp³-hybridized carbons (Fsp3) is 0.167. The van der Waals surface area contributed by atoms with Gasteiger partial charge < -0.3 is 4.42 Å². The van der Waals surface area contributed by atoms with Gasteiger partial charge in [-0.05, 0) is 23.4 Å². The third-order valence-corrected chi connectivity index (χ3v) is 2.89. The molecule has 2 aromatic heterocycles. The van der Waals surface area contributed by atoms with Crippen LogP contribution in [0, 0.1) is 5.82 Å². The molecule has 0 amide bonds. The number of rotatable bonds is 4. The molecule has 0 aliphatic heterocycles. The zero-order valence-electron chi connectivity index (χ0n) is 10.1. The molecule has 0 bridgehead atoms. The van der Waals surface area contributed by atoms with Crippen molar-refractivity contribution in [2.75, 3.05) is 0 Å². The molecule has 0 N–H and O–H groups in total. The molecule has 8 heteroatoms. The lowest BCUT2D eigenvalue weighted by Gasteiger charge is -1.94. The van der Waals surface area contributed by atoms with Crippen molar-refractivity contribution >= 4 is 28.4 Å². The second-order valence-electron chi connectivity index (χ2n) is 4.09. The first-order valence-corrected chi connectivity index (χ1v) is 6.24. The minimum Gasteiger partial charge on any atom is -0.453 e. The summed E-state index contributed by atoms with van der Waals surface area (Å²) in [7, 11) is 0. The average Bonchev–Trinajstić information content (AvgIpc) is 3.04. The highest BCUT2D eigenvalue weighted by Crippen LogP contribution is 2.20. The van der Waals surface area contributed by atoms with Crippen molar-refractivity contribution in [2.24, 2.45) is 0 Å². The summed E-state index contributed by atoms with van der Waals surface area (Å²) >= 11 is 5.54. The summed E-state index contributed by atoms with van der Waals surface area (Å²) in [6.45, 7) is -0.119. The van der Waals surface area contributed by atoms with Crippen LogP contribution in [0.25, 0.3) is 11.0 Å². The van der Waals surface area contributed by atoms with E-state index < -0.39 is 5.82 Å². The van der Waals surface area contributed by atoms with Crippen molar-refractivity contribution in [1.82, 2.24) is 20.2 Å². The van der Waals surface area contributed by atoms with Gasteiger partial charge in [-0.15, -0.1) is 21.8 Å². The minimum absolute atomic E-state index is 0.119. The third kappa shape index (κ3) is 2.39. The largest absolute Gasteiger partial charge is 0.453 e. The van der Waals surface area contributed by atoms with Crippen LogP contribution in [-0.2, 0) is 12.4 Å². The van der Waals surface area contributed by atoms with Gasteiger partial charge in [0.05, 0.1) is 5.88 Å². The summed E-state index contributed by atoms with van der Waals surface area (Å²) < 4.78 is 18.4. The number of benzene rings is 1. The lowest BCUT2D eigenvalue weighted by Crippen LogP contribution is -2.12. The van der Waals surface area contributed by atoms with Gasteiger partial charge in [-0.25, -0.2) is 4.39 Å². The number of carbonyl (C=O) groups excluding carboxylic acids is 1. The molecule has 0 radical (unpaired) electrons. The SMILES string of the molecule is O=C(Cn1nnc(CCl)n1)c1cc2ccc(F)cc2o1. The van der Waals surface area contributed by atoms with E-state index in [0.717, 1.165) is 4.80 Å². The lowest BCUT2D eigenvalue weighted by atomic mass is 10.2. The number of alkyl halides is 1. The molecule has 0 aliphatic carbocycles. The zero-order valence-corrected chi connectivity index (χ0v) is 10.8. The first-order valence-electron chi connectivity index (χ1n) is 5.70. The molecule has 3 aromatic rings. The molecular weight excluding hydrogens is 287 g/mol. The molecule has 0 atom stereocenters. The van der Waals surface area contributed by atoms with E-state index in [0.29, 0.717) is 16.8 Å². The summed E-state index contributed by atoms with van der Waals surface area (Å²) in [4.78, 5) is 13.1. The van der Waals surface area contributed by atoms with Crippen LogP contribution in [0.1, 0.15) is 16.4 Å². The van der Waals surface area contributed by atoms with E-state index in [2.05, 4.69) is 15.4 Å². The number of tetrazole rings is 1. The Bertz CT molecular complexity index is 783. The van der Waals surface area contributed by atoms with Crippen LogP contribution >= 0.6 is 11.6 Å². The number of Topliss-reactive ketones (excluding diaryl/α,β-unsaturated/α-hetero) is 1. The minimum atomic E-state index is -0.421. The van der Waals surface area contributed by atoms with Gasteiger partial charge in [0, 0.05) is 11.5 Å². The number of aromatic nitrogens is 4. The van der Waals surface area contributed by atoms with Gasteiger partial charge >= 0.3 is 0 Å². The van der Waals surface area contributed by atoms with Crippen molar-refractivity contribution in [2.45, 2.75) is 12.4 Å². The highest BCUT2D eigenvalue weighted by Gasteiger charge is 2.15. The topological polar surface area (TPSA) is 73.8 Å². The van der Waals surface area contributed by atoms with Crippen molar-refractivity contribution in [3.63, 3.8) is 0 Å². The predicted octanol–water partition coefficient (Wildman–Crippen LogP) is 2.18. The molecular formula is C12H8ClFN4O2. The van der Waals surface area contributed by atoms with Gasteiger partial charge in [0.15, 0.2) is 11.6 Å². The Morgan fingerprint density at radius 3 is 3.00 bits per heavy atom. The van der Waals surface area contributed by atoms with Crippen LogP contribution in [-0.4, -0.2) is 26.0 Å². The molecule has 1 aromatic carbocycles. The number of hydrogen-bond donors (Lipinski definition) is 0. The molecule has 0 saturated carbocycles. The first-order chi connectivity index (χ1) is 9.65. The number of furan rings is 1. The fourth-order valence-corrected chi connectivity index (χ4v) is 1.85. The van der Waals surface area contributed by atoms with Crippen LogP contribution in [0.2, 0.25) is 0 Å². The second kappa shape index (κ2) is 5.01. The Hall–Kier alpha value is -2.28. The quantitative estimate of drug-likeness (QED) is 0.544. The van der Waals surface area contributed by atoms with Crippen molar-refractivity contribution in [1.29, 1.82) is 0 Å². The van der Waals surface area contributed by atoms with Crippen LogP contribution in [0.5, 0.6) is 0 Å². The Balaban J connectivity index is 1.84. The number of nitrogens with zero attached hydrogens (tertiary/aromatic N) is 4. The summed E-state index contributed by atoms with van der Waals surface area (Å²) in [5, 5.41) is 11.9. The van der Waals surface area contributed by atoms with E-state index >= 15 is 0 Å². The number of ketones is 1. The maximum absolute atomic E-state index is 13.0. The van der Waals surface area contributed by atoms with Gasteiger partial charge in [-0.1, -0.05) is 0 Å². The molecule has 102 valence electrons. The van der Waals surface area contributed by atoms with E-state index in [1.54, 1.807) is 12.1 Å². The van der Waals surface area contributed by atoms with E-state index in [9.17, 15) is 9.18 Å². The Morgan fingerprint density at radius 1 is 1.40 bits per heavy atom. The van der Waals surface area contributed by atoms with Crippen LogP contribution in [0.4, 0.5) is 4.39 Å². The Labute approximate surface area is 117 Å². The number of halogens is 2. The molecule has 0 saturated heterocycles. The Morgan fingerprint density at radius 2 is 2.25 bits per heavy atom. The van der Waals surface area contributed by atoms with Crippen molar-refractivity contribution in [3.05, 3.63) is 41.7 Å². The maximum Gasteiger partial charge on any atom is 0.221 e. The number of hydrogen-bond acceptors (Lipinski definition) is 5. The van der Waals surface area contributed by atoms with E-state index in [-0.39, 0.29) is 24.0 Å². The highest BCUT2D eigenvalue weighted by atomic mass is 35.5. The summed E-state index contributed by atoms with van der Waals surface area (Å²) in [6, 6.07) is 5.63. The van der Waals surface area contributed by atoms with Gasteiger partial charge in [0.25, 0.3) is 0 Å². The smallest absolute Gasteiger partial charge is 0.221 e. The molecule has 2 heterocycles. The average molecular weight is 295 g/mol. The number of carbonyl (C=O) groups is 1. The van der Waals surface area contributed by atoms with Crippen molar-refractivity contribution < 1.29 is 13.6 Å². The maximum atomic E-state index is 13.0. The molecule has 0 fully saturated rings. The van der Waals surface area contributed by atoms with E-state index in [1.165, 1.54) is 12.1 Å². The van der Waals surface area contributed by atoms with Gasteiger partial charge in [-0.2, -0.15) is 4.80 Å². The monoisotopic (exact) mass is 294 g/mol. The van der Waals surface area contributed by atoms with Crippen LogP contribution in [0.15, 0.2) is 28.7 Å². The standard InChI is InChI=1S/C12H8ClFN4O2/c13-5-12-15-17-18(16-12)6-9(19)11-3-7-1-2-8(14)4-10(7)20-11/h1-4H,5-6H2. The fourth-order valence-electron chi connectivity index (χ4n) is 1.75. The molecule has 3 rings (SSSR count). The zero-order chi connectivity index (χ0) is 14.1. The Kier molecular flexibility index (Phi) is 3.19. The van der Waals surface area contributed by atoms with Crippen molar-refractivity contribution in [3.8, 4) is 0 Å². The highest BCUT2D eigenvalue weighted by molar-refractivity contribution is 6.16. The first kappa shape index (κ1) is 12.7. The van der Waals surface area contributed by atoms with Gasteiger partial charge in [0.2, 0.25) is 5.78 Å². The summed E-state index contributed by atoms with van der Waals surface area (Å²) in [6.07, 6.45) is 0. The molecule has 20 heavy (non-hydrogen) atoms. The predicted molar refractivity (Wildman–Crippen MR) is 67.9 cm³/mol.